The standard InChI is InChI=1S/C10H19O3P/c1-5-7-9(8-6-2)10(3,4)13-14(11)12/h5-6,9,11-12H,1-2,7-8H2,3-4H3. The number of hydrogen-bond acceptors (Lipinski definition) is 3. The zero-order valence-corrected chi connectivity index (χ0v) is 9.70. The van der Waals surface area contributed by atoms with Crippen molar-refractivity contribution < 1.29 is 14.3 Å². The number of allylic oxidation sites excluding steroid dienone is 2. The quantitative estimate of drug-likeness (QED) is 0.510. The molecule has 0 rings (SSSR count). The summed E-state index contributed by atoms with van der Waals surface area (Å²) >= 11 is 0. The highest BCUT2D eigenvalue weighted by molar-refractivity contribution is 7.39. The summed E-state index contributed by atoms with van der Waals surface area (Å²) in [6.45, 7) is 11.0. The summed E-state index contributed by atoms with van der Waals surface area (Å²) in [5, 5.41) is 0. The van der Waals surface area contributed by atoms with Crippen LogP contribution >= 0.6 is 8.60 Å². The Morgan fingerprint density at radius 3 is 2.00 bits per heavy atom. The van der Waals surface area contributed by atoms with Crippen molar-refractivity contribution >= 4 is 8.60 Å². The highest BCUT2D eigenvalue weighted by Gasteiger charge is 2.31. The van der Waals surface area contributed by atoms with Crippen molar-refractivity contribution in [2.45, 2.75) is 32.3 Å². The highest BCUT2D eigenvalue weighted by atomic mass is 31.2. The molecule has 0 aliphatic carbocycles. The van der Waals surface area contributed by atoms with Gasteiger partial charge in [-0.1, -0.05) is 12.2 Å². The predicted octanol–water partition coefficient (Wildman–Crippen LogP) is 2.76. The van der Waals surface area contributed by atoms with E-state index in [1.807, 2.05) is 13.8 Å². The second kappa shape index (κ2) is 6.31. The molecule has 3 nitrogen and oxygen atoms in total. The molecule has 0 heterocycles. The Labute approximate surface area is 87.1 Å². The van der Waals surface area contributed by atoms with E-state index in [1.165, 1.54) is 0 Å². The summed E-state index contributed by atoms with van der Waals surface area (Å²) < 4.78 is 5.09. The first-order chi connectivity index (χ1) is 6.44. The summed E-state index contributed by atoms with van der Waals surface area (Å²) in [5.74, 6) is 0.168. The Hall–Kier alpha value is -0.210. The molecule has 0 aliphatic heterocycles. The van der Waals surface area contributed by atoms with Gasteiger partial charge >= 0.3 is 8.60 Å². The van der Waals surface area contributed by atoms with Gasteiger partial charge in [0, 0.05) is 0 Å². The van der Waals surface area contributed by atoms with Gasteiger partial charge in [-0.3, -0.25) is 0 Å². The molecule has 4 heteroatoms. The Morgan fingerprint density at radius 2 is 1.71 bits per heavy atom. The van der Waals surface area contributed by atoms with E-state index in [9.17, 15) is 0 Å². The van der Waals surface area contributed by atoms with Gasteiger partial charge in [0.05, 0.1) is 5.60 Å². The lowest BCUT2D eigenvalue weighted by Crippen LogP contribution is -2.32. The maximum absolute atomic E-state index is 8.82. The second-order valence-corrected chi connectivity index (χ2v) is 4.38. The van der Waals surface area contributed by atoms with Crippen LogP contribution in [0.1, 0.15) is 26.7 Å². The smallest absolute Gasteiger partial charge is 0.327 e. The molecule has 2 N–H and O–H groups in total. The molecular formula is C10H19O3P. The first-order valence-corrected chi connectivity index (χ1v) is 5.69. The van der Waals surface area contributed by atoms with Gasteiger partial charge in [-0.25, -0.2) is 0 Å². The molecule has 0 spiro atoms. The normalized spacial score (nSPS) is 12.1. The molecule has 0 saturated carbocycles. The summed E-state index contributed by atoms with van der Waals surface area (Å²) in [4.78, 5) is 17.6. The molecule has 0 aromatic rings. The van der Waals surface area contributed by atoms with E-state index in [0.717, 1.165) is 12.8 Å². The molecule has 0 aromatic carbocycles. The van der Waals surface area contributed by atoms with E-state index in [4.69, 9.17) is 14.3 Å². The largest absolute Gasteiger partial charge is 0.328 e. The SMILES string of the molecule is C=CCC(CC=C)C(C)(C)OP(O)O. The molecule has 82 valence electrons. The molecule has 0 amide bonds. The van der Waals surface area contributed by atoms with Crippen molar-refractivity contribution in [3.05, 3.63) is 25.3 Å². The molecule has 0 radical (unpaired) electrons. The summed E-state index contributed by atoms with van der Waals surface area (Å²) in [6.07, 6.45) is 5.14. The fourth-order valence-electron chi connectivity index (χ4n) is 1.35. The number of rotatable bonds is 7. The van der Waals surface area contributed by atoms with Gasteiger partial charge in [-0.15, -0.1) is 13.2 Å². The molecule has 0 atom stereocenters. The molecule has 0 unspecified atom stereocenters. The lowest BCUT2D eigenvalue weighted by atomic mass is 9.85. The van der Waals surface area contributed by atoms with Crippen LogP contribution in [-0.4, -0.2) is 15.4 Å². The minimum Gasteiger partial charge on any atom is -0.328 e. The third-order valence-corrected chi connectivity index (χ3v) is 2.84. The van der Waals surface area contributed by atoms with Crippen molar-refractivity contribution in [1.82, 2.24) is 0 Å². The lowest BCUT2D eigenvalue weighted by Gasteiger charge is -2.33. The van der Waals surface area contributed by atoms with Gasteiger partial charge in [0.25, 0.3) is 0 Å². The maximum Gasteiger partial charge on any atom is 0.327 e. The molecule has 14 heavy (non-hydrogen) atoms. The van der Waals surface area contributed by atoms with Gasteiger partial charge in [0.15, 0.2) is 0 Å². The summed E-state index contributed by atoms with van der Waals surface area (Å²) in [5.41, 5.74) is -0.572. The van der Waals surface area contributed by atoms with Crippen LogP contribution < -0.4 is 0 Å². The monoisotopic (exact) mass is 218 g/mol. The van der Waals surface area contributed by atoms with E-state index >= 15 is 0 Å². The zero-order valence-electron chi connectivity index (χ0n) is 8.81. The average Bonchev–Trinajstić information content (AvgIpc) is 2.01. The third-order valence-electron chi connectivity index (χ3n) is 2.20. The second-order valence-electron chi connectivity index (χ2n) is 3.69. The van der Waals surface area contributed by atoms with Crippen LogP contribution in [0, 0.1) is 5.92 Å². The summed E-state index contributed by atoms with van der Waals surface area (Å²) in [6, 6.07) is 0. The van der Waals surface area contributed by atoms with E-state index in [2.05, 4.69) is 13.2 Å². The number of hydrogen-bond donors (Lipinski definition) is 2. The van der Waals surface area contributed by atoms with E-state index in [-0.39, 0.29) is 5.92 Å². The molecule has 0 bridgehead atoms. The fourth-order valence-corrected chi connectivity index (χ4v) is 1.92. The van der Waals surface area contributed by atoms with Crippen LogP contribution in [0.3, 0.4) is 0 Å². The summed E-state index contributed by atoms with van der Waals surface area (Å²) in [7, 11) is -2.31. The van der Waals surface area contributed by atoms with Crippen LogP contribution in [0.4, 0.5) is 0 Å². The van der Waals surface area contributed by atoms with E-state index in [0.29, 0.717) is 0 Å². The van der Waals surface area contributed by atoms with Gasteiger partial charge in [-0.05, 0) is 32.6 Å². The van der Waals surface area contributed by atoms with Crippen molar-refractivity contribution in [3.8, 4) is 0 Å². The maximum atomic E-state index is 8.82. The third kappa shape index (κ3) is 4.87. The Kier molecular flexibility index (Phi) is 6.21. The van der Waals surface area contributed by atoms with Crippen molar-refractivity contribution in [2.75, 3.05) is 0 Å². The topological polar surface area (TPSA) is 49.7 Å². The minimum atomic E-state index is -2.31. The van der Waals surface area contributed by atoms with Crippen molar-refractivity contribution in [2.24, 2.45) is 5.92 Å². The predicted molar refractivity (Wildman–Crippen MR) is 59.6 cm³/mol. The van der Waals surface area contributed by atoms with Gasteiger partial charge in [0.2, 0.25) is 0 Å². The van der Waals surface area contributed by atoms with Crippen LogP contribution in [-0.2, 0) is 4.52 Å². The first kappa shape index (κ1) is 13.8. The average molecular weight is 218 g/mol. The fraction of sp³-hybridized carbons (Fsp3) is 0.600. The van der Waals surface area contributed by atoms with Crippen molar-refractivity contribution in [3.63, 3.8) is 0 Å². The van der Waals surface area contributed by atoms with Crippen LogP contribution in [0.15, 0.2) is 25.3 Å². The van der Waals surface area contributed by atoms with Gasteiger partial charge in [0.1, 0.15) is 0 Å². The Morgan fingerprint density at radius 1 is 1.29 bits per heavy atom. The van der Waals surface area contributed by atoms with E-state index < -0.39 is 14.2 Å². The first-order valence-electron chi connectivity index (χ1n) is 4.52. The Balaban J connectivity index is 4.42. The van der Waals surface area contributed by atoms with E-state index in [1.54, 1.807) is 12.2 Å². The molecule has 0 saturated heterocycles. The lowest BCUT2D eigenvalue weighted by molar-refractivity contribution is 0.0337. The highest BCUT2D eigenvalue weighted by Crippen LogP contribution is 2.39. The van der Waals surface area contributed by atoms with Crippen LogP contribution in [0.25, 0.3) is 0 Å². The molecule has 0 aromatic heterocycles. The minimum absolute atomic E-state index is 0.168. The van der Waals surface area contributed by atoms with Crippen molar-refractivity contribution in [1.29, 1.82) is 0 Å². The zero-order chi connectivity index (χ0) is 11.2. The Bertz CT molecular complexity index is 180. The van der Waals surface area contributed by atoms with Gasteiger partial charge in [-0.2, -0.15) is 0 Å². The molecular weight excluding hydrogens is 199 g/mol. The van der Waals surface area contributed by atoms with Crippen LogP contribution in [0.2, 0.25) is 0 Å². The molecule has 0 aliphatic rings. The molecule has 0 fully saturated rings. The van der Waals surface area contributed by atoms with Crippen LogP contribution in [0.5, 0.6) is 0 Å². The van der Waals surface area contributed by atoms with Gasteiger partial charge < -0.3 is 14.3 Å².